The van der Waals surface area contributed by atoms with E-state index in [4.69, 9.17) is 5.11 Å². The van der Waals surface area contributed by atoms with E-state index < -0.39 is 5.97 Å². The molecule has 0 radical (unpaired) electrons. The second-order valence-electron chi connectivity index (χ2n) is 5.98. The van der Waals surface area contributed by atoms with Crippen molar-refractivity contribution in [1.29, 1.82) is 0 Å². The molecule has 1 saturated carbocycles. The molecule has 2 N–H and O–H groups in total. The van der Waals surface area contributed by atoms with Gasteiger partial charge in [0.05, 0.1) is 5.92 Å². The van der Waals surface area contributed by atoms with E-state index in [1.807, 2.05) is 25.1 Å². The molecule has 1 aliphatic rings. The first kappa shape index (κ1) is 15.5. The minimum atomic E-state index is -0.776. The molecule has 114 valence electrons. The number of nitrogens with one attached hydrogen (secondary N) is 1. The molecular formula is C17H23NO3. The molecule has 0 spiro atoms. The summed E-state index contributed by atoms with van der Waals surface area (Å²) in [6.07, 6.45) is 3.61. The molecule has 3 atom stereocenters. The number of benzene rings is 1. The summed E-state index contributed by atoms with van der Waals surface area (Å²) >= 11 is 0. The fourth-order valence-corrected chi connectivity index (χ4v) is 2.90. The van der Waals surface area contributed by atoms with E-state index in [0.717, 1.165) is 12.8 Å². The molecule has 2 rings (SSSR count). The third kappa shape index (κ3) is 4.59. The van der Waals surface area contributed by atoms with Crippen molar-refractivity contribution < 1.29 is 14.7 Å². The highest BCUT2D eigenvalue weighted by atomic mass is 16.4. The van der Waals surface area contributed by atoms with E-state index in [-0.39, 0.29) is 23.8 Å². The maximum absolute atomic E-state index is 12.1. The Balaban J connectivity index is 1.74. The Hall–Kier alpha value is -1.84. The highest BCUT2D eigenvalue weighted by molar-refractivity contribution is 5.81. The molecule has 4 heteroatoms. The third-order valence-corrected chi connectivity index (χ3v) is 4.25. The first-order valence-electron chi connectivity index (χ1n) is 7.63. The van der Waals surface area contributed by atoms with Gasteiger partial charge in [-0.25, -0.2) is 0 Å². The molecule has 0 bridgehead atoms. The Kier molecular flexibility index (Phi) is 5.37. The zero-order chi connectivity index (χ0) is 15.2. The number of carbonyl (C=O) groups excluding carboxylic acids is 1. The molecule has 0 saturated heterocycles. The summed E-state index contributed by atoms with van der Waals surface area (Å²) in [4.78, 5) is 23.1. The van der Waals surface area contributed by atoms with Gasteiger partial charge in [0.25, 0.3) is 0 Å². The molecule has 0 aromatic heterocycles. The van der Waals surface area contributed by atoms with Crippen LogP contribution in [0.25, 0.3) is 0 Å². The molecule has 1 unspecified atom stereocenters. The number of carboxylic acid groups (broad SMARTS) is 1. The maximum atomic E-state index is 12.1. The lowest BCUT2D eigenvalue weighted by atomic mass is 10.0. The number of carboxylic acids is 1. The van der Waals surface area contributed by atoms with Crippen molar-refractivity contribution in [2.24, 2.45) is 11.8 Å². The van der Waals surface area contributed by atoms with Crippen molar-refractivity contribution in [2.75, 3.05) is 0 Å². The van der Waals surface area contributed by atoms with Crippen LogP contribution in [0.15, 0.2) is 30.3 Å². The van der Waals surface area contributed by atoms with Gasteiger partial charge in [-0.3, -0.25) is 9.59 Å². The van der Waals surface area contributed by atoms with Crippen molar-refractivity contribution in [3.05, 3.63) is 35.9 Å². The Morgan fingerprint density at radius 3 is 2.52 bits per heavy atom. The van der Waals surface area contributed by atoms with Crippen LogP contribution in [0.3, 0.4) is 0 Å². The lowest BCUT2D eigenvalue weighted by Gasteiger charge is -2.17. The van der Waals surface area contributed by atoms with Gasteiger partial charge in [0, 0.05) is 12.0 Å². The van der Waals surface area contributed by atoms with Crippen LogP contribution in [0.2, 0.25) is 0 Å². The summed E-state index contributed by atoms with van der Waals surface area (Å²) in [5, 5.41) is 12.0. The van der Waals surface area contributed by atoms with Crippen LogP contribution >= 0.6 is 0 Å². The van der Waals surface area contributed by atoms with Crippen LogP contribution < -0.4 is 5.32 Å². The summed E-state index contributed by atoms with van der Waals surface area (Å²) in [5.41, 5.74) is 1.27. The third-order valence-electron chi connectivity index (χ3n) is 4.25. The average molecular weight is 289 g/mol. The van der Waals surface area contributed by atoms with E-state index >= 15 is 0 Å². The maximum Gasteiger partial charge on any atom is 0.306 e. The largest absolute Gasteiger partial charge is 0.481 e. The summed E-state index contributed by atoms with van der Waals surface area (Å²) in [6, 6.07) is 10.3. The second-order valence-corrected chi connectivity index (χ2v) is 5.98. The van der Waals surface area contributed by atoms with Gasteiger partial charge < -0.3 is 10.4 Å². The zero-order valence-electron chi connectivity index (χ0n) is 12.4. The molecular weight excluding hydrogens is 266 g/mol. The van der Waals surface area contributed by atoms with Crippen LogP contribution in [0.1, 0.15) is 38.2 Å². The molecule has 4 nitrogen and oxygen atoms in total. The highest BCUT2D eigenvalue weighted by Gasteiger charge is 2.34. The summed E-state index contributed by atoms with van der Waals surface area (Å²) in [7, 11) is 0. The predicted molar refractivity (Wildman–Crippen MR) is 80.8 cm³/mol. The molecule has 21 heavy (non-hydrogen) atoms. The molecule has 0 aliphatic heterocycles. The van der Waals surface area contributed by atoms with E-state index in [0.29, 0.717) is 19.3 Å². The number of aryl methyl sites for hydroxylation is 1. The van der Waals surface area contributed by atoms with Crippen LogP contribution in [0.4, 0.5) is 0 Å². The molecule has 1 aliphatic carbocycles. The van der Waals surface area contributed by atoms with Crippen LogP contribution in [0, 0.1) is 11.8 Å². The number of hydrogen-bond donors (Lipinski definition) is 2. The summed E-state index contributed by atoms with van der Waals surface area (Å²) < 4.78 is 0. The smallest absolute Gasteiger partial charge is 0.306 e. The van der Waals surface area contributed by atoms with Gasteiger partial charge in [0.1, 0.15) is 0 Å². The van der Waals surface area contributed by atoms with Crippen LogP contribution in [-0.2, 0) is 16.0 Å². The minimum Gasteiger partial charge on any atom is -0.481 e. The van der Waals surface area contributed by atoms with Gasteiger partial charge >= 0.3 is 5.97 Å². The Morgan fingerprint density at radius 1 is 1.24 bits per heavy atom. The van der Waals surface area contributed by atoms with Gasteiger partial charge in [0.15, 0.2) is 0 Å². The minimum absolute atomic E-state index is 0.0133. The normalized spacial score (nSPS) is 22.7. The molecule has 1 aromatic rings. The molecule has 0 heterocycles. The quantitative estimate of drug-likeness (QED) is 0.846. The van der Waals surface area contributed by atoms with Crippen molar-refractivity contribution in [1.82, 2.24) is 5.32 Å². The standard InChI is InChI=1S/C17H23NO3/c1-12(7-8-13-5-3-2-4-6-13)18-16(19)14-9-10-15(11-14)17(20)21/h2-6,12,14-15H,7-11H2,1H3,(H,18,19)(H,20,21)/t12?,14-,15+/m1/s1. The first-order valence-corrected chi connectivity index (χ1v) is 7.63. The van der Waals surface area contributed by atoms with Gasteiger partial charge in [0.2, 0.25) is 5.91 Å². The topological polar surface area (TPSA) is 66.4 Å². The Bertz CT molecular complexity index is 486. The van der Waals surface area contributed by atoms with Gasteiger partial charge in [-0.05, 0) is 44.6 Å². The van der Waals surface area contributed by atoms with Gasteiger partial charge in [-0.1, -0.05) is 30.3 Å². The average Bonchev–Trinajstić information content (AvgIpc) is 2.96. The fourth-order valence-electron chi connectivity index (χ4n) is 2.90. The lowest BCUT2D eigenvalue weighted by molar-refractivity contribution is -0.141. The van der Waals surface area contributed by atoms with E-state index in [2.05, 4.69) is 17.4 Å². The first-order chi connectivity index (χ1) is 10.1. The number of aliphatic carboxylic acids is 1. The zero-order valence-corrected chi connectivity index (χ0v) is 12.4. The van der Waals surface area contributed by atoms with Crippen molar-refractivity contribution in [3.63, 3.8) is 0 Å². The lowest BCUT2D eigenvalue weighted by Crippen LogP contribution is -2.37. The molecule has 1 amide bonds. The van der Waals surface area contributed by atoms with E-state index in [1.165, 1.54) is 5.56 Å². The van der Waals surface area contributed by atoms with Gasteiger partial charge in [-0.15, -0.1) is 0 Å². The van der Waals surface area contributed by atoms with Crippen molar-refractivity contribution in [3.8, 4) is 0 Å². The summed E-state index contributed by atoms with van der Waals surface area (Å²) in [5.74, 6) is -1.24. The second kappa shape index (κ2) is 7.25. The Morgan fingerprint density at radius 2 is 1.90 bits per heavy atom. The SMILES string of the molecule is CC(CCc1ccccc1)NC(=O)[C@@H]1CC[C@H](C(=O)O)C1. The number of rotatable bonds is 6. The van der Waals surface area contributed by atoms with Crippen molar-refractivity contribution in [2.45, 2.75) is 45.1 Å². The monoisotopic (exact) mass is 289 g/mol. The predicted octanol–water partition coefficient (Wildman–Crippen LogP) is 2.62. The molecule has 1 fully saturated rings. The number of amides is 1. The van der Waals surface area contributed by atoms with E-state index in [9.17, 15) is 9.59 Å². The van der Waals surface area contributed by atoms with Gasteiger partial charge in [-0.2, -0.15) is 0 Å². The highest BCUT2D eigenvalue weighted by Crippen LogP contribution is 2.31. The van der Waals surface area contributed by atoms with E-state index in [1.54, 1.807) is 0 Å². The summed E-state index contributed by atoms with van der Waals surface area (Å²) in [6.45, 7) is 2.00. The van der Waals surface area contributed by atoms with Crippen LogP contribution in [0.5, 0.6) is 0 Å². The number of hydrogen-bond acceptors (Lipinski definition) is 2. The molecule has 1 aromatic carbocycles. The number of carbonyl (C=O) groups is 2. The fraction of sp³-hybridized carbons (Fsp3) is 0.529. The van der Waals surface area contributed by atoms with Crippen molar-refractivity contribution >= 4 is 11.9 Å². The van der Waals surface area contributed by atoms with Crippen LogP contribution in [-0.4, -0.2) is 23.0 Å². The Labute approximate surface area is 125 Å².